The molecule has 0 unspecified atom stereocenters. The molecule has 0 spiro atoms. The second-order valence-corrected chi connectivity index (χ2v) is 5.58. The van der Waals surface area contributed by atoms with Gasteiger partial charge in [0.1, 0.15) is 5.75 Å². The lowest BCUT2D eigenvalue weighted by Gasteiger charge is -2.09. The number of rotatable bonds is 3. The van der Waals surface area contributed by atoms with Crippen LogP contribution < -0.4 is 10.1 Å². The number of aromatic nitrogens is 2. The number of ether oxygens (including phenoxy) is 1. The van der Waals surface area contributed by atoms with Crippen LogP contribution in [-0.2, 0) is 19.5 Å². The summed E-state index contributed by atoms with van der Waals surface area (Å²) < 4.78 is 6.17. The van der Waals surface area contributed by atoms with Crippen LogP contribution in [0.25, 0.3) is 11.4 Å². The Balaban J connectivity index is 2.08. The number of nitrogens with one attached hydrogen (secondary N) is 1. The van der Waals surface area contributed by atoms with E-state index in [0.717, 1.165) is 52.5 Å². The predicted molar refractivity (Wildman–Crippen MR) is 81.6 cm³/mol. The van der Waals surface area contributed by atoms with Gasteiger partial charge in [-0.3, -0.25) is 0 Å². The summed E-state index contributed by atoms with van der Waals surface area (Å²) >= 11 is 3.51. The van der Waals surface area contributed by atoms with Crippen LogP contribution in [0.4, 0.5) is 0 Å². The molecule has 1 aliphatic heterocycles. The third kappa shape index (κ3) is 2.31. The van der Waals surface area contributed by atoms with Gasteiger partial charge in [-0.15, -0.1) is 0 Å². The fraction of sp³-hybridized carbons (Fsp3) is 0.333. The Morgan fingerprint density at radius 1 is 1.30 bits per heavy atom. The van der Waals surface area contributed by atoms with E-state index in [4.69, 9.17) is 14.7 Å². The van der Waals surface area contributed by atoms with Crippen LogP contribution in [0.1, 0.15) is 23.9 Å². The minimum Gasteiger partial charge on any atom is -0.496 e. The van der Waals surface area contributed by atoms with Crippen LogP contribution in [0.15, 0.2) is 22.7 Å². The standard InChI is InChI=1S/C15H16BrN3O/c1-3-12-10-7-17-8-13(10)19-15(18-12)9-4-5-14(20-2)11(16)6-9/h4-6,17H,3,7-8H2,1-2H3. The van der Waals surface area contributed by atoms with E-state index in [9.17, 15) is 0 Å². The molecule has 5 heteroatoms. The van der Waals surface area contributed by atoms with Crippen LogP contribution in [0.5, 0.6) is 5.75 Å². The molecule has 1 aliphatic rings. The maximum absolute atomic E-state index is 5.26. The summed E-state index contributed by atoms with van der Waals surface area (Å²) in [6.07, 6.45) is 0.927. The molecule has 4 nitrogen and oxygen atoms in total. The molecule has 0 fully saturated rings. The average Bonchev–Trinajstić information content (AvgIpc) is 2.94. The topological polar surface area (TPSA) is 47.0 Å². The smallest absolute Gasteiger partial charge is 0.159 e. The van der Waals surface area contributed by atoms with Crippen LogP contribution in [-0.4, -0.2) is 17.1 Å². The highest BCUT2D eigenvalue weighted by atomic mass is 79.9. The van der Waals surface area contributed by atoms with E-state index in [0.29, 0.717) is 0 Å². The van der Waals surface area contributed by atoms with Crippen molar-refractivity contribution < 1.29 is 4.74 Å². The lowest BCUT2D eigenvalue weighted by Crippen LogP contribution is -2.02. The Bertz CT molecular complexity index is 658. The molecular formula is C15H16BrN3O. The molecule has 0 saturated carbocycles. The Hall–Kier alpha value is -1.46. The maximum atomic E-state index is 5.26. The van der Waals surface area contributed by atoms with Crippen molar-refractivity contribution in [2.45, 2.75) is 26.4 Å². The highest BCUT2D eigenvalue weighted by Gasteiger charge is 2.18. The monoisotopic (exact) mass is 333 g/mol. The van der Waals surface area contributed by atoms with Gasteiger partial charge < -0.3 is 10.1 Å². The van der Waals surface area contributed by atoms with Gasteiger partial charge in [-0.2, -0.15) is 0 Å². The first-order valence-electron chi connectivity index (χ1n) is 6.66. The molecule has 0 amide bonds. The Labute approximate surface area is 126 Å². The van der Waals surface area contributed by atoms with E-state index in [1.165, 1.54) is 5.56 Å². The molecule has 0 radical (unpaired) electrons. The van der Waals surface area contributed by atoms with Crippen LogP contribution in [0, 0.1) is 0 Å². The first kappa shape index (κ1) is 13.5. The molecule has 3 rings (SSSR count). The number of hydrogen-bond donors (Lipinski definition) is 1. The number of nitrogens with zero attached hydrogens (tertiary/aromatic N) is 2. The molecule has 104 valence electrons. The summed E-state index contributed by atoms with van der Waals surface area (Å²) in [5, 5.41) is 3.34. The van der Waals surface area contributed by atoms with Crippen molar-refractivity contribution in [3.05, 3.63) is 39.6 Å². The first-order chi connectivity index (χ1) is 9.72. The number of hydrogen-bond acceptors (Lipinski definition) is 4. The summed E-state index contributed by atoms with van der Waals surface area (Å²) in [5.41, 5.74) is 4.53. The predicted octanol–water partition coefficient (Wildman–Crippen LogP) is 3.08. The van der Waals surface area contributed by atoms with E-state index >= 15 is 0 Å². The second-order valence-electron chi connectivity index (χ2n) is 4.73. The van der Waals surface area contributed by atoms with Crippen molar-refractivity contribution in [1.82, 2.24) is 15.3 Å². The Morgan fingerprint density at radius 2 is 2.15 bits per heavy atom. The van der Waals surface area contributed by atoms with Gasteiger partial charge in [0.05, 0.1) is 17.3 Å². The van der Waals surface area contributed by atoms with E-state index in [-0.39, 0.29) is 0 Å². The second kappa shape index (κ2) is 5.50. The van der Waals surface area contributed by atoms with Gasteiger partial charge in [-0.25, -0.2) is 9.97 Å². The molecule has 20 heavy (non-hydrogen) atoms. The summed E-state index contributed by atoms with van der Waals surface area (Å²) in [7, 11) is 1.66. The fourth-order valence-electron chi connectivity index (χ4n) is 2.47. The summed E-state index contributed by atoms with van der Waals surface area (Å²) in [4.78, 5) is 9.41. The number of benzene rings is 1. The third-order valence-electron chi connectivity index (χ3n) is 3.52. The number of aryl methyl sites for hydroxylation is 1. The normalized spacial score (nSPS) is 13.3. The van der Waals surface area contributed by atoms with E-state index < -0.39 is 0 Å². The van der Waals surface area contributed by atoms with Gasteiger partial charge in [0.25, 0.3) is 0 Å². The molecule has 2 heterocycles. The molecule has 1 N–H and O–H groups in total. The molecule has 0 atom stereocenters. The van der Waals surface area contributed by atoms with Gasteiger partial charge in [-0.05, 0) is 40.5 Å². The Morgan fingerprint density at radius 3 is 2.85 bits per heavy atom. The van der Waals surface area contributed by atoms with Gasteiger partial charge in [0.15, 0.2) is 5.82 Å². The van der Waals surface area contributed by atoms with Crippen molar-refractivity contribution in [2.24, 2.45) is 0 Å². The summed E-state index contributed by atoms with van der Waals surface area (Å²) in [6, 6.07) is 5.93. The van der Waals surface area contributed by atoms with Crippen molar-refractivity contribution in [1.29, 1.82) is 0 Å². The zero-order chi connectivity index (χ0) is 14.1. The molecule has 1 aromatic carbocycles. The number of halogens is 1. The number of fused-ring (bicyclic) bond motifs is 1. The lowest BCUT2D eigenvalue weighted by atomic mass is 10.1. The van der Waals surface area contributed by atoms with Crippen molar-refractivity contribution in [2.75, 3.05) is 7.11 Å². The molecule has 1 aromatic heterocycles. The highest BCUT2D eigenvalue weighted by molar-refractivity contribution is 9.10. The van der Waals surface area contributed by atoms with Gasteiger partial charge >= 0.3 is 0 Å². The van der Waals surface area contributed by atoms with E-state index in [2.05, 4.69) is 28.2 Å². The maximum Gasteiger partial charge on any atom is 0.159 e. The zero-order valence-electron chi connectivity index (χ0n) is 11.5. The largest absolute Gasteiger partial charge is 0.496 e. The Kier molecular flexibility index (Phi) is 3.72. The van der Waals surface area contributed by atoms with Crippen LogP contribution in [0.2, 0.25) is 0 Å². The minimum absolute atomic E-state index is 0.785. The average molecular weight is 334 g/mol. The highest BCUT2D eigenvalue weighted by Crippen LogP contribution is 2.30. The van der Waals surface area contributed by atoms with Crippen LogP contribution >= 0.6 is 15.9 Å². The van der Waals surface area contributed by atoms with E-state index in [1.807, 2.05) is 18.2 Å². The number of methoxy groups -OCH3 is 1. The quantitative estimate of drug-likeness (QED) is 0.937. The van der Waals surface area contributed by atoms with E-state index in [1.54, 1.807) is 7.11 Å². The summed E-state index contributed by atoms with van der Waals surface area (Å²) in [6.45, 7) is 3.84. The van der Waals surface area contributed by atoms with Crippen LogP contribution in [0.3, 0.4) is 0 Å². The first-order valence-corrected chi connectivity index (χ1v) is 7.45. The van der Waals surface area contributed by atoms with Crippen molar-refractivity contribution >= 4 is 15.9 Å². The molecule has 0 saturated heterocycles. The van der Waals surface area contributed by atoms with Gasteiger partial charge in [0.2, 0.25) is 0 Å². The van der Waals surface area contributed by atoms with Gasteiger partial charge in [-0.1, -0.05) is 6.92 Å². The zero-order valence-corrected chi connectivity index (χ0v) is 13.1. The summed E-state index contributed by atoms with van der Waals surface area (Å²) in [5.74, 6) is 1.60. The third-order valence-corrected chi connectivity index (χ3v) is 4.14. The van der Waals surface area contributed by atoms with Gasteiger partial charge in [0, 0.05) is 29.9 Å². The molecular weight excluding hydrogens is 318 g/mol. The minimum atomic E-state index is 0.785. The SMILES string of the molecule is CCc1nc(-c2ccc(OC)c(Br)c2)nc2c1CNC2. The fourth-order valence-corrected chi connectivity index (χ4v) is 3.01. The van der Waals surface area contributed by atoms with Crippen molar-refractivity contribution in [3.63, 3.8) is 0 Å². The van der Waals surface area contributed by atoms with Crippen molar-refractivity contribution in [3.8, 4) is 17.1 Å². The lowest BCUT2D eigenvalue weighted by molar-refractivity contribution is 0.412. The molecule has 2 aromatic rings. The molecule has 0 bridgehead atoms. The molecule has 0 aliphatic carbocycles.